The predicted molar refractivity (Wildman–Crippen MR) is 66.6 cm³/mol. The molecule has 1 rings (SSSR count). The minimum atomic E-state index is -0.159. The molecule has 0 spiro atoms. The number of esters is 1. The van der Waals surface area contributed by atoms with Gasteiger partial charge in [0.1, 0.15) is 0 Å². The highest BCUT2D eigenvalue weighted by Crippen LogP contribution is 2.16. The maximum absolute atomic E-state index is 11.1. The summed E-state index contributed by atoms with van der Waals surface area (Å²) in [4.78, 5) is 13.9. The van der Waals surface area contributed by atoms with Gasteiger partial charge in [0.25, 0.3) is 0 Å². The Morgan fingerprint density at radius 2 is 2.19 bits per heavy atom. The number of thiophene rings is 1. The SMILES string of the molecule is CCc1ccc(CNCC(C)C(=O)OC)s1. The van der Waals surface area contributed by atoms with Crippen molar-refractivity contribution in [3.63, 3.8) is 0 Å². The van der Waals surface area contributed by atoms with Crippen LogP contribution in [0.5, 0.6) is 0 Å². The topological polar surface area (TPSA) is 38.3 Å². The van der Waals surface area contributed by atoms with Crippen LogP contribution in [0.3, 0.4) is 0 Å². The van der Waals surface area contributed by atoms with E-state index in [2.05, 4.69) is 29.1 Å². The van der Waals surface area contributed by atoms with E-state index in [1.54, 1.807) is 0 Å². The summed E-state index contributed by atoms with van der Waals surface area (Å²) >= 11 is 1.82. The monoisotopic (exact) mass is 241 g/mol. The Hall–Kier alpha value is -0.870. The third-order valence-corrected chi connectivity index (χ3v) is 3.65. The van der Waals surface area contributed by atoms with Crippen LogP contribution in [0.2, 0.25) is 0 Å². The van der Waals surface area contributed by atoms with Gasteiger partial charge in [-0.25, -0.2) is 0 Å². The third-order valence-electron chi connectivity index (χ3n) is 2.42. The smallest absolute Gasteiger partial charge is 0.309 e. The summed E-state index contributed by atoms with van der Waals surface area (Å²) in [5.74, 6) is -0.247. The Kier molecular flexibility index (Phi) is 5.49. The number of nitrogens with one attached hydrogen (secondary N) is 1. The summed E-state index contributed by atoms with van der Waals surface area (Å²) in [5.41, 5.74) is 0. The van der Waals surface area contributed by atoms with E-state index in [1.807, 2.05) is 18.3 Å². The summed E-state index contributed by atoms with van der Waals surface area (Å²) in [6.07, 6.45) is 1.09. The summed E-state index contributed by atoms with van der Waals surface area (Å²) in [6.45, 7) is 5.51. The molecule has 1 atom stereocenters. The van der Waals surface area contributed by atoms with Crippen LogP contribution < -0.4 is 5.32 Å². The zero-order valence-electron chi connectivity index (χ0n) is 10.1. The van der Waals surface area contributed by atoms with E-state index in [0.717, 1.165) is 13.0 Å². The highest BCUT2D eigenvalue weighted by molar-refractivity contribution is 7.11. The van der Waals surface area contributed by atoms with Crippen molar-refractivity contribution in [2.24, 2.45) is 5.92 Å². The Balaban J connectivity index is 2.27. The lowest BCUT2D eigenvalue weighted by atomic mass is 10.2. The summed E-state index contributed by atoms with van der Waals surface area (Å²) in [5, 5.41) is 3.26. The highest BCUT2D eigenvalue weighted by Gasteiger charge is 2.11. The van der Waals surface area contributed by atoms with E-state index in [9.17, 15) is 4.79 Å². The van der Waals surface area contributed by atoms with Crippen molar-refractivity contribution >= 4 is 17.3 Å². The Morgan fingerprint density at radius 3 is 2.75 bits per heavy atom. The summed E-state index contributed by atoms with van der Waals surface area (Å²) in [7, 11) is 1.42. The fourth-order valence-electron chi connectivity index (χ4n) is 1.40. The number of aryl methyl sites for hydroxylation is 1. The van der Waals surface area contributed by atoms with Crippen LogP contribution in [0.25, 0.3) is 0 Å². The maximum atomic E-state index is 11.1. The van der Waals surface area contributed by atoms with Crippen LogP contribution in [0, 0.1) is 5.92 Å². The van der Waals surface area contributed by atoms with Gasteiger partial charge in [0.15, 0.2) is 0 Å². The lowest BCUT2D eigenvalue weighted by Gasteiger charge is -2.09. The predicted octanol–water partition coefficient (Wildman–Crippen LogP) is 2.21. The Morgan fingerprint density at radius 1 is 1.50 bits per heavy atom. The molecule has 1 aromatic heterocycles. The minimum absolute atomic E-state index is 0.0874. The van der Waals surface area contributed by atoms with Crippen LogP contribution in [0.4, 0.5) is 0 Å². The molecule has 0 radical (unpaired) electrons. The second kappa shape index (κ2) is 6.66. The largest absolute Gasteiger partial charge is 0.469 e. The van der Waals surface area contributed by atoms with Crippen molar-refractivity contribution in [2.45, 2.75) is 26.8 Å². The van der Waals surface area contributed by atoms with Gasteiger partial charge in [-0.05, 0) is 18.6 Å². The first-order valence-corrected chi connectivity index (χ1v) is 6.35. The molecule has 90 valence electrons. The zero-order valence-corrected chi connectivity index (χ0v) is 10.9. The quantitative estimate of drug-likeness (QED) is 0.776. The standard InChI is InChI=1S/C12H19NO2S/c1-4-10-5-6-11(16-10)8-13-7-9(2)12(14)15-3/h5-6,9,13H,4,7-8H2,1-3H3. The second-order valence-corrected chi connectivity index (χ2v) is 5.03. The molecular weight excluding hydrogens is 222 g/mol. The fourth-order valence-corrected chi connectivity index (χ4v) is 2.33. The molecule has 1 aromatic rings. The zero-order chi connectivity index (χ0) is 12.0. The first-order chi connectivity index (χ1) is 7.67. The number of methoxy groups -OCH3 is 1. The first-order valence-electron chi connectivity index (χ1n) is 5.53. The summed E-state index contributed by atoms with van der Waals surface area (Å²) in [6, 6.07) is 4.30. The Bertz CT molecular complexity index is 336. The van der Waals surface area contributed by atoms with Crippen LogP contribution in [0.1, 0.15) is 23.6 Å². The van der Waals surface area contributed by atoms with Crippen molar-refractivity contribution in [3.8, 4) is 0 Å². The molecule has 0 bridgehead atoms. The molecule has 0 fully saturated rings. The molecule has 3 nitrogen and oxygen atoms in total. The Labute approximate surface area is 101 Å². The molecule has 1 heterocycles. The van der Waals surface area contributed by atoms with Gasteiger partial charge >= 0.3 is 5.97 Å². The van der Waals surface area contributed by atoms with Crippen molar-refractivity contribution in [3.05, 3.63) is 21.9 Å². The van der Waals surface area contributed by atoms with Gasteiger partial charge in [0.2, 0.25) is 0 Å². The lowest BCUT2D eigenvalue weighted by molar-refractivity contribution is -0.144. The number of hydrogen-bond donors (Lipinski definition) is 1. The molecule has 16 heavy (non-hydrogen) atoms. The van der Waals surface area contributed by atoms with Gasteiger partial charge in [-0.15, -0.1) is 11.3 Å². The number of rotatable bonds is 6. The third kappa shape index (κ3) is 3.94. The maximum Gasteiger partial charge on any atom is 0.309 e. The molecule has 0 saturated heterocycles. The molecule has 0 saturated carbocycles. The van der Waals surface area contributed by atoms with Gasteiger partial charge in [0.05, 0.1) is 13.0 Å². The van der Waals surface area contributed by atoms with E-state index < -0.39 is 0 Å². The van der Waals surface area contributed by atoms with Crippen LogP contribution in [0.15, 0.2) is 12.1 Å². The van der Waals surface area contributed by atoms with Crippen molar-refractivity contribution in [1.29, 1.82) is 0 Å². The van der Waals surface area contributed by atoms with Crippen molar-refractivity contribution < 1.29 is 9.53 Å². The van der Waals surface area contributed by atoms with Gasteiger partial charge in [-0.2, -0.15) is 0 Å². The molecule has 0 aliphatic rings. The average molecular weight is 241 g/mol. The number of carbonyl (C=O) groups excluding carboxylic acids is 1. The highest BCUT2D eigenvalue weighted by atomic mass is 32.1. The van der Waals surface area contributed by atoms with Gasteiger partial charge in [-0.3, -0.25) is 4.79 Å². The molecule has 0 aliphatic heterocycles. The molecule has 1 N–H and O–H groups in total. The van der Waals surface area contributed by atoms with Gasteiger partial charge in [0, 0.05) is 22.8 Å². The number of hydrogen-bond acceptors (Lipinski definition) is 4. The fraction of sp³-hybridized carbons (Fsp3) is 0.583. The van der Waals surface area contributed by atoms with Crippen molar-refractivity contribution in [1.82, 2.24) is 5.32 Å². The molecule has 4 heteroatoms. The van der Waals surface area contributed by atoms with E-state index >= 15 is 0 Å². The van der Waals surface area contributed by atoms with Crippen molar-refractivity contribution in [2.75, 3.05) is 13.7 Å². The second-order valence-electron chi connectivity index (χ2n) is 3.78. The van der Waals surface area contributed by atoms with E-state index in [1.165, 1.54) is 16.9 Å². The molecular formula is C12H19NO2S. The van der Waals surface area contributed by atoms with E-state index in [0.29, 0.717) is 6.54 Å². The molecule has 0 aromatic carbocycles. The molecule has 0 amide bonds. The molecule has 1 unspecified atom stereocenters. The van der Waals surface area contributed by atoms with Crippen LogP contribution in [-0.2, 0) is 22.5 Å². The number of ether oxygens (including phenoxy) is 1. The summed E-state index contributed by atoms with van der Waals surface area (Å²) < 4.78 is 4.66. The normalized spacial score (nSPS) is 12.4. The lowest BCUT2D eigenvalue weighted by Crippen LogP contribution is -2.26. The van der Waals surface area contributed by atoms with E-state index in [4.69, 9.17) is 0 Å². The first kappa shape index (κ1) is 13.2. The van der Waals surface area contributed by atoms with Crippen LogP contribution in [-0.4, -0.2) is 19.6 Å². The molecule has 0 aliphatic carbocycles. The van der Waals surface area contributed by atoms with Crippen LogP contribution >= 0.6 is 11.3 Å². The minimum Gasteiger partial charge on any atom is -0.469 e. The van der Waals surface area contributed by atoms with E-state index in [-0.39, 0.29) is 11.9 Å². The number of carbonyl (C=O) groups is 1. The average Bonchev–Trinajstić information content (AvgIpc) is 2.75. The van der Waals surface area contributed by atoms with Gasteiger partial charge in [-0.1, -0.05) is 13.8 Å². The van der Waals surface area contributed by atoms with Gasteiger partial charge < -0.3 is 10.1 Å².